The summed E-state index contributed by atoms with van der Waals surface area (Å²) in [5, 5.41) is 0. The van der Waals surface area contributed by atoms with E-state index >= 15 is 0 Å². The number of pyridine rings is 2. The topological polar surface area (TPSA) is 82.1 Å². The van der Waals surface area contributed by atoms with Crippen LogP contribution in [-0.2, 0) is 11.2 Å². The van der Waals surface area contributed by atoms with Crippen LogP contribution in [0.25, 0.3) is 28.2 Å². The number of rotatable bonds is 4. The van der Waals surface area contributed by atoms with Crippen molar-refractivity contribution >= 4 is 22.8 Å². The number of imidazole rings is 1. The Morgan fingerprint density at radius 3 is 2.53 bits per heavy atom. The van der Waals surface area contributed by atoms with Gasteiger partial charge in [-0.25, -0.2) is 15.0 Å². The van der Waals surface area contributed by atoms with E-state index in [9.17, 15) is 0 Å². The summed E-state index contributed by atoms with van der Waals surface area (Å²) in [4.78, 5) is 16.4. The number of hydrogen-bond donors (Lipinski definition) is 1. The first kappa shape index (κ1) is 18.6. The second-order valence-electron chi connectivity index (χ2n) is 7.34. The third kappa shape index (κ3) is 3.27. The summed E-state index contributed by atoms with van der Waals surface area (Å²) in [5.74, 6) is 2.13. The lowest BCUT2D eigenvalue weighted by Gasteiger charge is -2.27. The second-order valence-corrected chi connectivity index (χ2v) is 7.34. The minimum absolute atomic E-state index is 0.452. The van der Waals surface area contributed by atoms with E-state index < -0.39 is 0 Å². The molecule has 2 N–H and O–H groups in total. The minimum Gasteiger partial charge on any atom is -0.383 e. The van der Waals surface area contributed by atoms with Gasteiger partial charge >= 0.3 is 0 Å². The average Bonchev–Trinajstić information content (AvgIpc) is 3.18. The molecule has 4 heterocycles. The quantitative estimate of drug-likeness (QED) is 0.565. The highest BCUT2D eigenvalue weighted by Gasteiger charge is 2.20. The van der Waals surface area contributed by atoms with E-state index in [0.29, 0.717) is 5.82 Å². The van der Waals surface area contributed by atoms with E-state index in [2.05, 4.69) is 45.6 Å². The molecule has 1 aliphatic heterocycles. The molecular weight excluding hydrogens is 376 g/mol. The second kappa shape index (κ2) is 7.76. The molecule has 1 aromatic carbocycles. The molecule has 0 atom stereocenters. The van der Waals surface area contributed by atoms with Crippen molar-refractivity contribution < 1.29 is 4.74 Å². The van der Waals surface area contributed by atoms with Gasteiger partial charge in [0.05, 0.1) is 18.8 Å². The average molecular weight is 400 g/mol. The Balaban J connectivity index is 1.72. The SMILES string of the molecule is CCc1ccc(-n2c(-c3cccnc3N)nc3ccc(N4CCOCC4)nc32)cc1. The highest BCUT2D eigenvalue weighted by Crippen LogP contribution is 2.31. The third-order valence-electron chi connectivity index (χ3n) is 5.51. The van der Waals surface area contributed by atoms with Crippen LogP contribution in [0.5, 0.6) is 0 Å². The zero-order valence-electron chi connectivity index (χ0n) is 17.0. The number of nitrogens with two attached hydrogens (primary N) is 1. The van der Waals surface area contributed by atoms with Crippen LogP contribution in [0.2, 0.25) is 0 Å². The fraction of sp³-hybridized carbons (Fsp3) is 0.261. The lowest BCUT2D eigenvalue weighted by atomic mass is 10.1. The van der Waals surface area contributed by atoms with Crippen LogP contribution in [0.15, 0.2) is 54.7 Å². The first-order chi connectivity index (χ1) is 14.7. The number of nitrogen functional groups attached to an aromatic ring is 1. The summed E-state index contributed by atoms with van der Waals surface area (Å²) < 4.78 is 7.57. The van der Waals surface area contributed by atoms with E-state index in [-0.39, 0.29) is 0 Å². The summed E-state index contributed by atoms with van der Waals surface area (Å²) in [6.07, 6.45) is 2.68. The Morgan fingerprint density at radius 2 is 1.80 bits per heavy atom. The van der Waals surface area contributed by atoms with Crippen molar-refractivity contribution in [3.05, 3.63) is 60.3 Å². The highest BCUT2D eigenvalue weighted by atomic mass is 16.5. The predicted octanol–water partition coefficient (Wildman–Crippen LogP) is 3.46. The van der Waals surface area contributed by atoms with Crippen molar-refractivity contribution in [2.75, 3.05) is 36.9 Å². The maximum atomic E-state index is 6.21. The lowest BCUT2D eigenvalue weighted by Crippen LogP contribution is -2.36. The summed E-state index contributed by atoms with van der Waals surface area (Å²) in [7, 11) is 0. The van der Waals surface area contributed by atoms with Crippen molar-refractivity contribution in [2.24, 2.45) is 0 Å². The molecule has 1 fully saturated rings. The molecule has 7 nitrogen and oxygen atoms in total. The molecule has 1 saturated heterocycles. The first-order valence-electron chi connectivity index (χ1n) is 10.3. The van der Waals surface area contributed by atoms with Gasteiger partial charge in [-0.05, 0) is 48.4 Å². The summed E-state index contributed by atoms with van der Waals surface area (Å²) >= 11 is 0. The molecule has 0 aliphatic carbocycles. The molecule has 3 aromatic heterocycles. The number of benzene rings is 1. The number of aromatic nitrogens is 4. The van der Waals surface area contributed by atoms with Crippen molar-refractivity contribution in [3.63, 3.8) is 0 Å². The fourth-order valence-electron chi connectivity index (χ4n) is 3.83. The van der Waals surface area contributed by atoms with Crippen molar-refractivity contribution in [1.82, 2.24) is 19.5 Å². The zero-order valence-corrected chi connectivity index (χ0v) is 17.0. The third-order valence-corrected chi connectivity index (χ3v) is 5.51. The van der Waals surface area contributed by atoms with Gasteiger partial charge in [0.25, 0.3) is 0 Å². The molecule has 0 bridgehead atoms. The molecule has 5 rings (SSSR count). The summed E-state index contributed by atoms with van der Waals surface area (Å²) in [6.45, 7) is 5.25. The van der Waals surface area contributed by atoms with Crippen LogP contribution in [0.1, 0.15) is 12.5 Å². The van der Waals surface area contributed by atoms with Gasteiger partial charge in [-0.2, -0.15) is 0 Å². The van der Waals surface area contributed by atoms with E-state index in [1.807, 2.05) is 24.3 Å². The Bertz CT molecular complexity index is 1180. The largest absolute Gasteiger partial charge is 0.383 e. The van der Waals surface area contributed by atoms with Crippen molar-refractivity contribution in [3.8, 4) is 17.1 Å². The summed E-state index contributed by atoms with van der Waals surface area (Å²) in [6, 6.07) is 16.4. The number of hydrogen-bond acceptors (Lipinski definition) is 6. The number of aryl methyl sites for hydroxylation is 1. The smallest absolute Gasteiger partial charge is 0.167 e. The lowest BCUT2D eigenvalue weighted by molar-refractivity contribution is 0.122. The molecule has 0 unspecified atom stereocenters. The van der Waals surface area contributed by atoms with Gasteiger partial charge in [0.1, 0.15) is 17.2 Å². The first-order valence-corrected chi connectivity index (χ1v) is 10.3. The fourth-order valence-corrected chi connectivity index (χ4v) is 3.83. The molecule has 0 spiro atoms. The van der Waals surface area contributed by atoms with Gasteiger partial charge in [0.2, 0.25) is 0 Å². The minimum atomic E-state index is 0.452. The molecule has 7 heteroatoms. The molecule has 152 valence electrons. The molecule has 0 amide bonds. The van der Waals surface area contributed by atoms with Gasteiger partial charge in [0, 0.05) is 25.0 Å². The van der Waals surface area contributed by atoms with E-state index in [4.69, 9.17) is 20.4 Å². The number of ether oxygens (including phenoxy) is 1. The highest BCUT2D eigenvalue weighted by molar-refractivity contribution is 5.83. The molecular formula is C23H24N6O. The van der Waals surface area contributed by atoms with Crippen molar-refractivity contribution in [2.45, 2.75) is 13.3 Å². The standard InChI is InChI=1S/C23H24N6O/c1-2-16-5-7-17(8-6-16)29-22(18-4-3-11-25-21(18)24)26-19-9-10-20(27-23(19)29)28-12-14-30-15-13-28/h3-11H,2,12-15H2,1H3,(H2,24,25). The maximum Gasteiger partial charge on any atom is 0.167 e. The van der Waals surface area contributed by atoms with E-state index in [1.54, 1.807) is 6.20 Å². The van der Waals surface area contributed by atoms with E-state index in [0.717, 1.165) is 66.8 Å². The Hall–Kier alpha value is -3.45. The molecule has 0 saturated carbocycles. The predicted molar refractivity (Wildman–Crippen MR) is 119 cm³/mol. The zero-order chi connectivity index (χ0) is 20.5. The Labute approximate surface area is 175 Å². The number of fused-ring (bicyclic) bond motifs is 1. The molecule has 1 aliphatic rings. The van der Waals surface area contributed by atoms with Gasteiger partial charge in [0.15, 0.2) is 11.5 Å². The van der Waals surface area contributed by atoms with Gasteiger partial charge in [-0.15, -0.1) is 0 Å². The Kier molecular flexibility index (Phi) is 4.80. The van der Waals surface area contributed by atoms with Crippen molar-refractivity contribution in [1.29, 1.82) is 0 Å². The van der Waals surface area contributed by atoms with Gasteiger partial charge < -0.3 is 15.4 Å². The van der Waals surface area contributed by atoms with Crippen LogP contribution >= 0.6 is 0 Å². The van der Waals surface area contributed by atoms with E-state index in [1.165, 1.54) is 5.56 Å². The van der Waals surface area contributed by atoms with Crippen LogP contribution in [0.4, 0.5) is 11.6 Å². The van der Waals surface area contributed by atoms with Gasteiger partial charge in [-0.1, -0.05) is 19.1 Å². The number of morpholine rings is 1. The van der Waals surface area contributed by atoms with Crippen LogP contribution in [-0.4, -0.2) is 45.8 Å². The maximum absolute atomic E-state index is 6.21. The molecule has 30 heavy (non-hydrogen) atoms. The van der Waals surface area contributed by atoms with Gasteiger partial charge in [-0.3, -0.25) is 4.57 Å². The van der Waals surface area contributed by atoms with Crippen LogP contribution < -0.4 is 10.6 Å². The van der Waals surface area contributed by atoms with Crippen LogP contribution in [0, 0.1) is 0 Å². The van der Waals surface area contributed by atoms with Crippen LogP contribution in [0.3, 0.4) is 0 Å². The Morgan fingerprint density at radius 1 is 1.00 bits per heavy atom. The summed E-state index contributed by atoms with van der Waals surface area (Å²) in [5.41, 5.74) is 10.9. The monoisotopic (exact) mass is 400 g/mol. The molecule has 0 radical (unpaired) electrons. The number of anilines is 2. The molecule has 4 aromatic rings. The normalized spacial score (nSPS) is 14.4. The number of nitrogens with zero attached hydrogens (tertiary/aromatic N) is 5.